The Morgan fingerprint density at radius 2 is 1.69 bits per heavy atom. The summed E-state index contributed by atoms with van der Waals surface area (Å²) in [7, 11) is -3.56. The first-order valence-corrected chi connectivity index (χ1v) is 10.6. The van der Waals surface area contributed by atoms with Gasteiger partial charge in [0.1, 0.15) is 0 Å². The quantitative estimate of drug-likeness (QED) is 0.813. The highest BCUT2D eigenvalue weighted by atomic mass is 32.2. The molecule has 1 fully saturated rings. The Morgan fingerprint density at radius 1 is 1.19 bits per heavy atom. The SMILES string of the molecule is Cc1cc(C)c(C)c(S(=O)(=O)N2CCC(C(=O)N[C@@H](C)CN)CC2)c1C. The monoisotopic (exact) mass is 381 g/mol. The molecule has 1 amide bonds. The number of carbonyl (C=O) groups is 1. The predicted molar refractivity (Wildman–Crippen MR) is 104 cm³/mol. The summed E-state index contributed by atoms with van der Waals surface area (Å²) in [5.74, 6) is -0.185. The minimum Gasteiger partial charge on any atom is -0.352 e. The Kier molecular flexibility index (Phi) is 6.47. The molecule has 1 aromatic carbocycles. The van der Waals surface area contributed by atoms with Gasteiger partial charge in [0.25, 0.3) is 0 Å². The summed E-state index contributed by atoms with van der Waals surface area (Å²) >= 11 is 0. The van der Waals surface area contributed by atoms with Crippen LogP contribution in [0.25, 0.3) is 0 Å². The molecule has 1 aromatic rings. The topological polar surface area (TPSA) is 92.5 Å². The first kappa shape index (κ1) is 20.9. The van der Waals surface area contributed by atoms with E-state index in [1.807, 2.05) is 40.7 Å². The number of benzene rings is 1. The molecule has 0 spiro atoms. The van der Waals surface area contributed by atoms with Crippen LogP contribution in [0.5, 0.6) is 0 Å². The van der Waals surface area contributed by atoms with E-state index in [1.165, 1.54) is 4.31 Å². The Morgan fingerprint density at radius 3 is 2.15 bits per heavy atom. The summed E-state index contributed by atoms with van der Waals surface area (Å²) in [4.78, 5) is 12.7. The van der Waals surface area contributed by atoms with Gasteiger partial charge in [-0.25, -0.2) is 8.42 Å². The molecule has 0 radical (unpaired) electrons. The first-order chi connectivity index (χ1) is 12.1. The largest absolute Gasteiger partial charge is 0.352 e. The van der Waals surface area contributed by atoms with Crippen molar-refractivity contribution in [3.05, 3.63) is 28.3 Å². The highest BCUT2D eigenvalue weighted by Gasteiger charge is 2.34. The molecule has 0 unspecified atom stereocenters. The highest BCUT2D eigenvalue weighted by molar-refractivity contribution is 7.89. The normalized spacial score (nSPS) is 17.9. The summed E-state index contributed by atoms with van der Waals surface area (Å²) in [6.45, 7) is 10.6. The van der Waals surface area contributed by atoms with E-state index >= 15 is 0 Å². The second-order valence-electron chi connectivity index (χ2n) is 7.41. The van der Waals surface area contributed by atoms with E-state index in [2.05, 4.69) is 5.32 Å². The fourth-order valence-electron chi connectivity index (χ4n) is 3.47. The van der Waals surface area contributed by atoms with Gasteiger partial charge in [0.05, 0.1) is 4.90 Å². The summed E-state index contributed by atoms with van der Waals surface area (Å²) in [5, 5.41) is 2.89. The van der Waals surface area contributed by atoms with Gasteiger partial charge in [-0.15, -0.1) is 0 Å². The number of amides is 1. The summed E-state index contributed by atoms with van der Waals surface area (Å²) in [6.07, 6.45) is 1.07. The lowest BCUT2D eigenvalue weighted by Gasteiger charge is -2.32. The van der Waals surface area contributed by atoms with E-state index in [0.717, 1.165) is 22.3 Å². The van der Waals surface area contributed by atoms with Crippen molar-refractivity contribution in [2.75, 3.05) is 19.6 Å². The molecule has 0 saturated carbocycles. The first-order valence-electron chi connectivity index (χ1n) is 9.17. The Hall–Kier alpha value is -1.44. The third kappa shape index (κ3) is 4.10. The average Bonchev–Trinajstić information content (AvgIpc) is 2.60. The molecule has 3 N–H and O–H groups in total. The molecule has 2 rings (SSSR count). The molecule has 7 heteroatoms. The van der Waals surface area contributed by atoms with Gasteiger partial charge in [0, 0.05) is 31.6 Å². The fourth-order valence-corrected chi connectivity index (χ4v) is 5.52. The maximum atomic E-state index is 13.2. The Balaban J connectivity index is 2.18. The fraction of sp³-hybridized carbons (Fsp3) is 0.632. The minimum absolute atomic E-state index is 0.0289. The van der Waals surface area contributed by atoms with Crippen molar-refractivity contribution < 1.29 is 13.2 Å². The maximum Gasteiger partial charge on any atom is 0.243 e. The van der Waals surface area contributed by atoms with Crippen molar-refractivity contribution in [1.82, 2.24) is 9.62 Å². The van der Waals surface area contributed by atoms with Crippen LogP contribution in [0.15, 0.2) is 11.0 Å². The molecule has 146 valence electrons. The predicted octanol–water partition coefficient (Wildman–Crippen LogP) is 1.78. The van der Waals surface area contributed by atoms with Crippen molar-refractivity contribution in [1.29, 1.82) is 0 Å². The number of nitrogens with two attached hydrogens (primary N) is 1. The van der Waals surface area contributed by atoms with E-state index in [1.54, 1.807) is 0 Å². The van der Waals surface area contributed by atoms with E-state index < -0.39 is 10.0 Å². The zero-order valence-corrected chi connectivity index (χ0v) is 17.2. The van der Waals surface area contributed by atoms with Gasteiger partial charge < -0.3 is 11.1 Å². The van der Waals surface area contributed by atoms with Crippen LogP contribution in [0.4, 0.5) is 0 Å². The van der Waals surface area contributed by atoms with Crippen LogP contribution in [0.1, 0.15) is 42.0 Å². The number of nitrogens with zero attached hydrogens (tertiary/aromatic N) is 1. The zero-order chi connectivity index (χ0) is 19.6. The van der Waals surface area contributed by atoms with Crippen molar-refractivity contribution in [3.8, 4) is 0 Å². The van der Waals surface area contributed by atoms with E-state index in [0.29, 0.717) is 37.4 Å². The second kappa shape index (κ2) is 8.06. The molecule has 1 aliphatic rings. The molecule has 0 aromatic heterocycles. The molecular formula is C19H31N3O3S. The van der Waals surface area contributed by atoms with Gasteiger partial charge in [-0.05, 0) is 69.7 Å². The zero-order valence-electron chi connectivity index (χ0n) is 16.4. The number of carbonyl (C=O) groups excluding carboxylic acids is 1. The standard InChI is InChI=1S/C19H31N3O3S/c1-12-10-13(2)16(5)18(15(12)4)26(24,25)22-8-6-17(7-9-22)19(23)21-14(3)11-20/h10,14,17H,6-9,11,20H2,1-5H3,(H,21,23)/t14-/m0/s1. The number of piperidine rings is 1. The molecular weight excluding hydrogens is 350 g/mol. The van der Waals surface area contributed by atoms with Crippen LogP contribution in [-0.2, 0) is 14.8 Å². The Labute approximate surface area is 157 Å². The molecule has 0 bridgehead atoms. The smallest absolute Gasteiger partial charge is 0.243 e. The van der Waals surface area contributed by atoms with Crippen molar-refractivity contribution in [2.45, 2.75) is 58.4 Å². The van der Waals surface area contributed by atoms with Crippen LogP contribution in [-0.4, -0.2) is 44.3 Å². The third-order valence-corrected chi connectivity index (χ3v) is 7.64. The van der Waals surface area contributed by atoms with Gasteiger partial charge in [-0.1, -0.05) is 6.07 Å². The maximum absolute atomic E-state index is 13.2. The summed E-state index contributed by atoms with van der Waals surface area (Å²) in [6, 6.07) is 1.96. The molecule has 6 nitrogen and oxygen atoms in total. The highest BCUT2D eigenvalue weighted by Crippen LogP contribution is 2.31. The lowest BCUT2D eigenvalue weighted by molar-refractivity contribution is -0.126. The van der Waals surface area contributed by atoms with Crippen molar-refractivity contribution in [3.63, 3.8) is 0 Å². The van der Waals surface area contributed by atoms with Gasteiger partial charge in [-0.3, -0.25) is 4.79 Å². The summed E-state index contributed by atoms with van der Waals surface area (Å²) in [5.41, 5.74) is 9.13. The number of rotatable bonds is 5. The van der Waals surface area contributed by atoms with Crippen molar-refractivity contribution >= 4 is 15.9 Å². The van der Waals surface area contributed by atoms with Gasteiger partial charge in [-0.2, -0.15) is 4.31 Å². The van der Waals surface area contributed by atoms with E-state index in [-0.39, 0.29) is 17.9 Å². The molecule has 1 aliphatic heterocycles. The lowest BCUT2D eigenvalue weighted by atomic mass is 9.97. The molecule has 1 heterocycles. The third-order valence-electron chi connectivity index (χ3n) is 5.46. The van der Waals surface area contributed by atoms with Gasteiger partial charge in [0.2, 0.25) is 15.9 Å². The van der Waals surface area contributed by atoms with Crippen LogP contribution in [0.2, 0.25) is 0 Å². The molecule has 0 aliphatic carbocycles. The Bertz CT molecular complexity index is 755. The average molecular weight is 382 g/mol. The second-order valence-corrected chi connectivity index (χ2v) is 9.29. The molecule has 26 heavy (non-hydrogen) atoms. The van der Waals surface area contributed by atoms with E-state index in [9.17, 15) is 13.2 Å². The number of hydrogen-bond donors (Lipinski definition) is 2. The van der Waals surface area contributed by atoms with Gasteiger partial charge >= 0.3 is 0 Å². The van der Waals surface area contributed by atoms with Gasteiger partial charge in [0.15, 0.2) is 0 Å². The number of hydrogen-bond acceptors (Lipinski definition) is 4. The number of nitrogens with one attached hydrogen (secondary N) is 1. The molecule has 1 saturated heterocycles. The lowest BCUT2D eigenvalue weighted by Crippen LogP contribution is -2.46. The van der Waals surface area contributed by atoms with Crippen LogP contribution >= 0.6 is 0 Å². The van der Waals surface area contributed by atoms with E-state index in [4.69, 9.17) is 5.73 Å². The molecule has 1 atom stereocenters. The van der Waals surface area contributed by atoms with Crippen molar-refractivity contribution in [2.24, 2.45) is 11.7 Å². The number of aryl methyl sites for hydroxylation is 2. The number of sulfonamides is 1. The minimum atomic E-state index is -3.56. The van der Waals surface area contributed by atoms with Crippen LogP contribution < -0.4 is 11.1 Å². The van der Waals surface area contributed by atoms with Crippen LogP contribution in [0, 0.1) is 33.6 Å². The van der Waals surface area contributed by atoms with Crippen LogP contribution in [0.3, 0.4) is 0 Å². The summed E-state index contributed by atoms with van der Waals surface area (Å²) < 4.78 is 28.0.